The standard InChI is InChI=1S/C20H34N2O4S/c1-9-17(18(23)21-20(5,6)14-19(2,3)4)26-16-12-10-15(11-13-16)22(7)27(8,24)25/h10-13,17H,9,14H2,1-8H3,(H,21,23). The Morgan fingerprint density at radius 3 is 2.07 bits per heavy atom. The highest BCUT2D eigenvalue weighted by Crippen LogP contribution is 2.27. The van der Waals surface area contributed by atoms with Crippen LogP contribution in [-0.4, -0.2) is 39.3 Å². The quantitative estimate of drug-likeness (QED) is 0.726. The van der Waals surface area contributed by atoms with Crippen molar-refractivity contribution in [2.45, 2.75) is 66.0 Å². The minimum Gasteiger partial charge on any atom is -0.481 e. The molecule has 154 valence electrons. The molecule has 7 heteroatoms. The van der Waals surface area contributed by atoms with Crippen molar-refractivity contribution in [3.8, 4) is 5.75 Å². The minimum absolute atomic E-state index is 0.0980. The van der Waals surface area contributed by atoms with Crippen LogP contribution in [-0.2, 0) is 14.8 Å². The maximum atomic E-state index is 12.7. The van der Waals surface area contributed by atoms with E-state index in [1.165, 1.54) is 11.4 Å². The summed E-state index contributed by atoms with van der Waals surface area (Å²) in [6.45, 7) is 12.3. The summed E-state index contributed by atoms with van der Waals surface area (Å²) in [4.78, 5) is 12.7. The van der Waals surface area contributed by atoms with Crippen LogP contribution in [0.5, 0.6) is 5.75 Å². The van der Waals surface area contributed by atoms with Crippen molar-refractivity contribution in [2.24, 2.45) is 5.41 Å². The number of sulfonamides is 1. The molecule has 0 aliphatic rings. The Balaban J connectivity index is 2.82. The summed E-state index contributed by atoms with van der Waals surface area (Å²) in [5, 5.41) is 3.08. The number of hydrogen-bond acceptors (Lipinski definition) is 4. The van der Waals surface area contributed by atoms with Crippen molar-refractivity contribution in [3.05, 3.63) is 24.3 Å². The van der Waals surface area contributed by atoms with Gasteiger partial charge in [-0.05, 0) is 56.4 Å². The van der Waals surface area contributed by atoms with Crippen molar-refractivity contribution in [3.63, 3.8) is 0 Å². The average molecular weight is 399 g/mol. The van der Waals surface area contributed by atoms with E-state index in [-0.39, 0.29) is 16.9 Å². The molecule has 6 nitrogen and oxygen atoms in total. The topological polar surface area (TPSA) is 75.7 Å². The fourth-order valence-corrected chi connectivity index (χ4v) is 3.70. The normalized spacial score (nSPS) is 13.8. The number of rotatable bonds is 8. The Morgan fingerprint density at radius 1 is 1.15 bits per heavy atom. The van der Waals surface area contributed by atoms with Gasteiger partial charge in [-0.3, -0.25) is 9.10 Å². The van der Waals surface area contributed by atoms with Gasteiger partial charge < -0.3 is 10.1 Å². The monoisotopic (exact) mass is 398 g/mol. The predicted molar refractivity (Wildman–Crippen MR) is 111 cm³/mol. The molecule has 1 aromatic carbocycles. The van der Waals surface area contributed by atoms with E-state index in [2.05, 4.69) is 26.1 Å². The van der Waals surface area contributed by atoms with Crippen LogP contribution in [0.15, 0.2) is 24.3 Å². The lowest BCUT2D eigenvalue weighted by Crippen LogP contribution is -2.50. The summed E-state index contributed by atoms with van der Waals surface area (Å²) < 4.78 is 30.2. The second-order valence-corrected chi connectivity index (χ2v) is 10.9. The maximum Gasteiger partial charge on any atom is 0.261 e. The SMILES string of the molecule is CCC(Oc1ccc(N(C)S(C)(=O)=O)cc1)C(=O)NC(C)(C)CC(C)(C)C. The molecule has 0 spiro atoms. The highest BCUT2D eigenvalue weighted by atomic mass is 32.2. The first-order valence-corrected chi connectivity index (χ1v) is 11.0. The molecule has 1 amide bonds. The zero-order valence-corrected chi connectivity index (χ0v) is 18.6. The third-order valence-electron chi connectivity index (χ3n) is 4.07. The van der Waals surface area contributed by atoms with Crippen LogP contribution in [0.1, 0.15) is 54.4 Å². The third kappa shape index (κ3) is 7.79. The van der Waals surface area contributed by atoms with Gasteiger partial charge in [-0.1, -0.05) is 27.7 Å². The molecular formula is C20H34N2O4S. The van der Waals surface area contributed by atoms with Gasteiger partial charge in [-0.2, -0.15) is 0 Å². The summed E-state index contributed by atoms with van der Waals surface area (Å²) in [6.07, 6.45) is 1.91. The van der Waals surface area contributed by atoms with Gasteiger partial charge in [-0.25, -0.2) is 8.42 Å². The Labute approximate surface area is 164 Å². The summed E-state index contributed by atoms with van der Waals surface area (Å²) in [7, 11) is -1.83. The molecule has 1 aromatic rings. The van der Waals surface area contributed by atoms with Gasteiger partial charge in [0.1, 0.15) is 5.75 Å². The molecule has 0 heterocycles. The number of ether oxygens (including phenoxy) is 1. The summed E-state index contributed by atoms with van der Waals surface area (Å²) in [6, 6.07) is 6.66. The van der Waals surface area contributed by atoms with Gasteiger partial charge in [0.25, 0.3) is 5.91 Å². The highest BCUT2D eigenvalue weighted by molar-refractivity contribution is 7.92. The van der Waals surface area contributed by atoms with Crippen LogP contribution in [0.4, 0.5) is 5.69 Å². The number of anilines is 1. The molecule has 0 saturated heterocycles. The molecule has 0 saturated carbocycles. The first-order chi connectivity index (χ1) is 12.1. The van der Waals surface area contributed by atoms with E-state index in [4.69, 9.17) is 4.74 Å². The molecule has 0 aliphatic carbocycles. The van der Waals surface area contributed by atoms with Gasteiger partial charge in [0.05, 0.1) is 11.9 Å². The van der Waals surface area contributed by atoms with Crippen molar-refractivity contribution in [1.82, 2.24) is 5.32 Å². The highest BCUT2D eigenvalue weighted by Gasteiger charge is 2.30. The zero-order valence-electron chi connectivity index (χ0n) is 17.8. The second kappa shape index (κ2) is 8.50. The van der Waals surface area contributed by atoms with E-state index in [0.717, 1.165) is 12.7 Å². The van der Waals surface area contributed by atoms with Gasteiger partial charge >= 0.3 is 0 Å². The fraction of sp³-hybridized carbons (Fsp3) is 0.650. The van der Waals surface area contributed by atoms with Crippen LogP contribution in [0.3, 0.4) is 0 Å². The Hall–Kier alpha value is -1.76. The van der Waals surface area contributed by atoms with E-state index in [9.17, 15) is 13.2 Å². The maximum absolute atomic E-state index is 12.7. The summed E-state index contributed by atoms with van der Waals surface area (Å²) >= 11 is 0. The number of amides is 1. The number of carbonyl (C=O) groups is 1. The second-order valence-electron chi connectivity index (χ2n) is 8.85. The molecule has 1 atom stereocenters. The van der Waals surface area contributed by atoms with E-state index in [0.29, 0.717) is 17.9 Å². The third-order valence-corrected chi connectivity index (χ3v) is 5.28. The van der Waals surface area contributed by atoms with E-state index < -0.39 is 16.1 Å². The van der Waals surface area contributed by atoms with Crippen molar-refractivity contribution in [1.29, 1.82) is 0 Å². The van der Waals surface area contributed by atoms with Crippen LogP contribution in [0.2, 0.25) is 0 Å². The van der Waals surface area contributed by atoms with Gasteiger partial charge in [0, 0.05) is 12.6 Å². The fourth-order valence-electron chi connectivity index (χ4n) is 3.20. The Morgan fingerprint density at radius 2 is 1.67 bits per heavy atom. The smallest absolute Gasteiger partial charge is 0.261 e. The predicted octanol–water partition coefficient (Wildman–Crippen LogP) is 3.57. The molecule has 27 heavy (non-hydrogen) atoms. The number of carbonyl (C=O) groups excluding carboxylic acids is 1. The molecule has 0 fully saturated rings. The van der Waals surface area contributed by atoms with Crippen LogP contribution in [0.25, 0.3) is 0 Å². The molecule has 0 bridgehead atoms. The minimum atomic E-state index is -3.32. The van der Waals surface area contributed by atoms with Gasteiger partial charge in [0.2, 0.25) is 10.0 Å². The Kier molecular flexibility index (Phi) is 7.33. The molecule has 0 aliphatic heterocycles. The van der Waals surface area contributed by atoms with E-state index in [1.54, 1.807) is 24.3 Å². The Bertz CT molecular complexity index is 734. The lowest BCUT2D eigenvalue weighted by atomic mass is 9.81. The average Bonchev–Trinajstić information content (AvgIpc) is 2.48. The van der Waals surface area contributed by atoms with Crippen LogP contribution < -0.4 is 14.4 Å². The molecule has 0 aromatic heterocycles. The molecule has 1 rings (SSSR count). The first-order valence-electron chi connectivity index (χ1n) is 9.17. The van der Waals surface area contributed by atoms with E-state index >= 15 is 0 Å². The number of benzene rings is 1. The molecule has 0 radical (unpaired) electrons. The molecule has 1 N–H and O–H groups in total. The summed E-state index contributed by atoms with van der Waals surface area (Å²) in [5.41, 5.74) is 0.295. The lowest BCUT2D eigenvalue weighted by molar-refractivity contribution is -0.130. The first kappa shape index (κ1) is 23.3. The zero-order chi connectivity index (χ0) is 21.0. The van der Waals surface area contributed by atoms with Crippen LogP contribution >= 0.6 is 0 Å². The largest absolute Gasteiger partial charge is 0.481 e. The van der Waals surface area contributed by atoms with Gasteiger partial charge in [-0.15, -0.1) is 0 Å². The molecular weight excluding hydrogens is 364 g/mol. The van der Waals surface area contributed by atoms with Gasteiger partial charge in [0.15, 0.2) is 6.10 Å². The van der Waals surface area contributed by atoms with Crippen molar-refractivity contribution in [2.75, 3.05) is 17.6 Å². The van der Waals surface area contributed by atoms with Crippen molar-refractivity contribution < 1.29 is 17.9 Å². The summed E-state index contributed by atoms with van der Waals surface area (Å²) in [5.74, 6) is 0.375. The number of nitrogens with zero attached hydrogens (tertiary/aromatic N) is 1. The van der Waals surface area contributed by atoms with Crippen molar-refractivity contribution >= 4 is 21.6 Å². The lowest BCUT2D eigenvalue weighted by Gasteiger charge is -2.34. The van der Waals surface area contributed by atoms with Crippen LogP contribution in [0, 0.1) is 5.41 Å². The molecule has 1 unspecified atom stereocenters. The number of hydrogen-bond donors (Lipinski definition) is 1. The number of nitrogens with one attached hydrogen (secondary N) is 1. The van der Waals surface area contributed by atoms with E-state index in [1.807, 2.05) is 20.8 Å².